The Balaban J connectivity index is 1.34. The first-order chi connectivity index (χ1) is 15.8. The van der Waals surface area contributed by atoms with Gasteiger partial charge in [-0.3, -0.25) is 9.59 Å². The number of carbonyl (C=O) groups excluding carboxylic acids is 2. The van der Waals surface area contributed by atoms with E-state index in [9.17, 15) is 9.59 Å². The minimum atomic E-state index is -0.260. The summed E-state index contributed by atoms with van der Waals surface area (Å²) < 4.78 is 6.60. The van der Waals surface area contributed by atoms with Crippen molar-refractivity contribution in [3.63, 3.8) is 0 Å². The smallest absolute Gasteiger partial charge is 0.306 e. The summed E-state index contributed by atoms with van der Waals surface area (Å²) in [6, 6.07) is 0. The highest BCUT2D eigenvalue weighted by Crippen LogP contribution is 2.69. The molecule has 3 nitrogen and oxygen atoms in total. The molecule has 0 N–H and O–H groups in total. The van der Waals surface area contributed by atoms with Crippen LogP contribution in [0.2, 0.25) is 0 Å². The van der Waals surface area contributed by atoms with Crippen molar-refractivity contribution in [1.29, 1.82) is 0 Å². The molecule has 3 heteroatoms. The zero-order valence-electron chi connectivity index (χ0n) is 21.4. The average Bonchev–Trinajstić information content (AvgIpc) is 3.40. The monoisotopic (exact) mass is 454 g/mol. The summed E-state index contributed by atoms with van der Waals surface area (Å²) in [6.45, 7) is 7.20. The molecular weight excluding hydrogens is 408 g/mol. The summed E-state index contributed by atoms with van der Waals surface area (Å²) in [5.41, 5.74) is 1.50. The Hall–Kier alpha value is -1.12. The average molecular weight is 455 g/mol. The number of carbonyl (C=O) groups is 2. The Bertz CT molecular complexity index is 807. The molecule has 6 atom stereocenters. The van der Waals surface area contributed by atoms with E-state index in [2.05, 4.69) is 20.8 Å². The number of rotatable bonds is 6. The van der Waals surface area contributed by atoms with Gasteiger partial charge in [-0.2, -0.15) is 0 Å². The second kappa shape index (κ2) is 8.83. The summed E-state index contributed by atoms with van der Waals surface area (Å²) >= 11 is 0. The number of hydrogen-bond donors (Lipinski definition) is 0. The van der Waals surface area contributed by atoms with E-state index in [1.165, 1.54) is 56.9 Å². The lowest BCUT2D eigenvalue weighted by Crippen LogP contribution is -2.56. The van der Waals surface area contributed by atoms with Crippen LogP contribution in [0.5, 0.6) is 0 Å². The van der Waals surface area contributed by atoms with E-state index in [-0.39, 0.29) is 22.4 Å². The molecule has 0 aromatic rings. The van der Waals surface area contributed by atoms with Gasteiger partial charge < -0.3 is 4.74 Å². The van der Waals surface area contributed by atoms with Gasteiger partial charge in [-0.05, 0) is 93.0 Å². The van der Waals surface area contributed by atoms with E-state index in [1.54, 1.807) is 0 Å². The molecule has 4 fully saturated rings. The number of ether oxygens (including phenoxy) is 1. The van der Waals surface area contributed by atoms with E-state index >= 15 is 0 Å². The minimum absolute atomic E-state index is 0.0750. The van der Waals surface area contributed by atoms with E-state index in [0.717, 1.165) is 56.8 Å². The number of hydrogen-bond acceptors (Lipinski definition) is 3. The van der Waals surface area contributed by atoms with Crippen LogP contribution in [0, 0.1) is 34.5 Å². The molecule has 5 aliphatic rings. The molecule has 0 bridgehead atoms. The van der Waals surface area contributed by atoms with Crippen LogP contribution in [0.15, 0.2) is 11.6 Å². The third kappa shape index (κ3) is 3.84. The van der Waals surface area contributed by atoms with Gasteiger partial charge in [0.1, 0.15) is 5.60 Å². The molecule has 0 unspecified atom stereocenters. The topological polar surface area (TPSA) is 43.4 Å². The zero-order valence-corrected chi connectivity index (χ0v) is 21.4. The van der Waals surface area contributed by atoms with Crippen LogP contribution >= 0.6 is 0 Å². The molecule has 0 spiro atoms. The van der Waals surface area contributed by atoms with Gasteiger partial charge in [-0.15, -0.1) is 0 Å². The fourth-order valence-corrected chi connectivity index (χ4v) is 9.57. The maximum absolute atomic E-state index is 13.1. The Morgan fingerprint density at radius 1 is 1.00 bits per heavy atom. The van der Waals surface area contributed by atoms with Gasteiger partial charge in [-0.1, -0.05) is 58.4 Å². The van der Waals surface area contributed by atoms with Crippen LogP contribution in [0.3, 0.4) is 0 Å². The second-order valence-electron chi connectivity index (χ2n) is 12.9. The fourth-order valence-electron chi connectivity index (χ4n) is 9.57. The molecule has 0 radical (unpaired) electrons. The van der Waals surface area contributed by atoms with E-state index in [0.29, 0.717) is 24.0 Å². The lowest BCUT2D eigenvalue weighted by atomic mass is 9.46. The number of esters is 1. The van der Waals surface area contributed by atoms with Gasteiger partial charge in [0.2, 0.25) is 0 Å². The highest BCUT2D eigenvalue weighted by molar-refractivity contribution is 5.91. The van der Waals surface area contributed by atoms with E-state index in [4.69, 9.17) is 4.74 Å². The highest BCUT2D eigenvalue weighted by atomic mass is 16.6. The second-order valence-corrected chi connectivity index (χ2v) is 12.9. The zero-order chi connectivity index (χ0) is 23.3. The standard InChI is InChI=1S/C30H46O3/c1-4-16-30(33-27(32)12-9-21-7-5-6-8-21)19-15-26-24-11-10-22-20-23(31)13-17-28(22,2)25(24)14-18-29(26,30)3/h20-21,24-26H,4-19H2,1-3H3/t24-,25+,26+,28+,29+,30+/m1/s1. The van der Waals surface area contributed by atoms with Crippen LogP contribution < -0.4 is 0 Å². The molecule has 0 aliphatic heterocycles. The van der Waals surface area contributed by atoms with Crippen molar-refractivity contribution in [3.05, 3.63) is 11.6 Å². The summed E-state index contributed by atoms with van der Waals surface area (Å²) in [6.07, 6.45) is 19.8. The van der Waals surface area contributed by atoms with Gasteiger partial charge >= 0.3 is 5.97 Å². The highest BCUT2D eigenvalue weighted by Gasteiger charge is 2.65. The molecule has 0 saturated heterocycles. The molecule has 5 aliphatic carbocycles. The van der Waals surface area contributed by atoms with Crippen molar-refractivity contribution in [3.8, 4) is 0 Å². The Kier molecular flexibility index (Phi) is 6.32. The third-order valence-corrected chi connectivity index (χ3v) is 11.4. The quantitative estimate of drug-likeness (QED) is 0.389. The molecule has 184 valence electrons. The number of fused-ring (bicyclic) bond motifs is 5. The first-order valence-corrected chi connectivity index (χ1v) is 14.3. The summed E-state index contributed by atoms with van der Waals surface area (Å²) in [5, 5.41) is 0. The van der Waals surface area contributed by atoms with Gasteiger partial charge in [0, 0.05) is 18.3 Å². The molecule has 0 aromatic heterocycles. The van der Waals surface area contributed by atoms with Crippen LogP contribution in [-0.2, 0) is 14.3 Å². The molecule has 33 heavy (non-hydrogen) atoms. The van der Waals surface area contributed by atoms with Crippen molar-refractivity contribution in [1.82, 2.24) is 0 Å². The van der Waals surface area contributed by atoms with Crippen LogP contribution in [0.25, 0.3) is 0 Å². The molecule has 0 heterocycles. The largest absolute Gasteiger partial charge is 0.458 e. The number of allylic oxidation sites excluding steroid dienone is 1. The third-order valence-electron chi connectivity index (χ3n) is 11.4. The summed E-state index contributed by atoms with van der Waals surface area (Å²) in [4.78, 5) is 25.3. The first-order valence-electron chi connectivity index (χ1n) is 14.3. The first kappa shape index (κ1) is 23.6. The maximum atomic E-state index is 13.1. The lowest BCUT2D eigenvalue weighted by molar-refractivity contribution is -0.186. The normalized spacial score (nSPS) is 42.9. The van der Waals surface area contributed by atoms with Gasteiger partial charge in [0.25, 0.3) is 0 Å². The molecule has 0 amide bonds. The number of ketones is 1. The van der Waals surface area contributed by atoms with E-state index < -0.39 is 0 Å². The van der Waals surface area contributed by atoms with Crippen molar-refractivity contribution in [2.45, 2.75) is 129 Å². The predicted octanol–water partition coefficient (Wildman–Crippen LogP) is 7.57. The van der Waals surface area contributed by atoms with Crippen molar-refractivity contribution in [2.24, 2.45) is 34.5 Å². The van der Waals surface area contributed by atoms with Crippen molar-refractivity contribution < 1.29 is 14.3 Å². The van der Waals surface area contributed by atoms with Gasteiger partial charge in [0.15, 0.2) is 5.78 Å². The lowest BCUT2D eigenvalue weighted by Gasteiger charge is -2.59. The van der Waals surface area contributed by atoms with Crippen LogP contribution in [0.1, 0.15) is 124 Å². The molecule has 5 rings (SSSR count). The minimum Gasteiger partial charge on any atom is -0.458 e. The van der Waals surface area contributed by atoms with Crippen LogP contribution in [0.4, 0.5) is 0 Å². The maximum Gasteiger partial charge on any atom is 0.306 e. The van der Waals surface area contributed by atoms with Crippen molar-refractivity contribution in [2.75, 3.05) is 0 Å². The Morgan fingerprint density at radius 3 is 2.52 bits per heavy atom. The SMILES string of the molecule is CCC[C@]1(OC(=O)CCC2CCCC2)CC[C@H]2[C@@H]3CCC4=CC(=O)CC[C@]4(C)[C@H]3CC[C@@]21C. The fraction of sp³-hybridized carbons (Fsp3) is 0.867. The Labute approximate surface area is 201 Å². The van der Waals surface area contributed by atoms with E-state index in [1.807, 2.05) is 6.08 Å². The van der Waals surface area contributed by atoms with Gasteiger partial charge in [-0.25, -0.2) is 0 Å². The summed E-state index contributed by atoms with van der Waals surface area (Å²) in [5.74, 6) is 3.23. The molecular formula is C30H46O3. The molecule has 0 aromatic carbocycles. The predicted molar refractivity (Wildman–Crippen MR) is 132 cm³/mol. The van der Waals surface area contributed by atoms with Crippen LogP contribution in [-0.4, -0.2) is 17.4 Å². The van der Waals surface area contributed by atoms with Crippen molar-refractivity contribution >= 4 is 11.8 Å². The Morgan fingerprint density at radius 2 is 1.76 bits per heavy atom. The molecule has 4 saturated carbocycles. The van der Waals surface area contributed by atoms with Gasteiger partial charge in [0.05, 0.1) is 0 Å². The summed E-state index contributed by atoms with van der Waals surface area (Å²) in [7, 11) is 0.